The van der Waals surface area contributed by atoms with Gasteiger partial charge < -0.3 is 19.5 Å². The molecule has 1 aliphatic rings. The van der Waals surface area contributed by atoms with Gasteiger partial charge in [0.05, 0.1) is 11.2 Å². The molecule has 1 fully saturated rings. The van der Waals surface area contributed by atoms with Gasteiger partial charge in [-0.2, -0.15) is 0 Å². The van der Waals surface area contributed by atoms with Crippen LogP contribution in [0.3, 0.4) is 0 Å². The van der Waals surface area contributed by atoms with Gasteiger partial charge in [-0.05, 0) is 61.4 Å². The van der Waals surface area contributed by atoms with Crippen LogP contribution in [0.15, 0.2) is 72.9 Å². The zero-order valence-electron chi connectivity index (χ0n) is 20.5. The number of nitrogens with zero attached hydrogens (tertiary/aromatic N) is 4. The maximum Gasteiger partial charge on any atom is 0.209 e. The molecular formula is C28H32FN5O. The number of piperidine rings is 1. The number of fused-ring (bicyclic) bond motifs is 1. The molecular weight excluding hydrogens is 441 g/mol. The van der Waals surface area contributed by atoms with E-state index in [0.717, 1.165) is 54.1 Å². The maximum absolute atomic E-state index is 13.6. The van der Waals surface area contributed by atoms with E-state index in [-0.39, 0.29) is 11.7 Å². The van der Waals surface area contributed by atoms with Crippen LogP contribution < -0.4 is 10.2 Å². The Balaban J connectivity index is 0.000000221. The molecule has 7 heteroatoms. The number of hydrogen-bond acceptors (Lipinski definition) is 4. The molecule has 0 saturated carbocycles. The fourth-order valence-corrected chi connectivity index (χ4v) is 4.44. The van der Waals surface area contributed by atoms with Gasteiger partial charge in [0, 0.05) is 63.3 Å². The van der Waals surface area contributed by atoms with Gasteiger partial charge in [0.2, 0.25) is 6.41 Å². The lowest BCUT2D eigenvalue weighted by Gasteiger charge is -2.29. The Morgan fingerprint density at radius 3 is 2.57 bits per heavy atom. The van der Waals surface area contributed by atoms with Gasteiger partial charge in [-0.25, -0.2) is 9.37 Å². The van der Waals surface area contributed by atoms with Crippen LogP contribution in [-0.4, -0.2) is 54.9 Å². The second-order valence-corrected chi connectivity index (χ2v) is 8.92. The molecule has 4 aromatic rings. The molecule has 5 rings (SSSR count). The lowest BCUT2D eigenvalue weighted by Crippen LogP contribution is -2.33. The molecule has 0 aliphatic carbocycles. The van der Waals surface area contributed by atoms with Gasteiger partial charge in [0.15, 0.2) is 0 Å². The number of halogens is 1. The zero-order valence-corrected chi connectivity index (χ0v) is 20.5. The lowest BCUT2D eigenvalue weighted by atomic mass is 9.97. The minimum Gasteiger partial charge on any atom is -0.388 e. The highest BCUT2D eigenvalue weighted by Gasteiger charge is 2.25. The summed E-state index contributed by atoms with van der Waals surface area (Å²) in [6.07, 6.45) is 4.87. The number of imidazole rings is 1. The number of carbonyl (C=O) groups excluding carboxylic acids is 1. The molecule has 1 atom stereocenters. The molecule has 1 unspecified atom stereocenters. The number of benzene rings is 2. The van der Waals surface area contributed by atoms with E-state index in [0.29, 0.717) is 6.54 Å². The van der Waals surface area contributed by atoms with Crippen molar-refractivity contribution in [1.29, 1.82) is 0 Å². The average Bonchev–Trinajstić information content (AvgIpc) is 3.29. The number of nitrogens with one attached hydrogen (secondary N) is 1. The van der Waals surface area contributed by atoms with E-state index in [1.54, 1.807) is 11.0 Å². The van der Waals surface area contributed by atoms with E-state index < -0.39 is 0 Å². The standard InChI is InChI=1S/C19H18FN3O.C9H14N2/c20-16-7-3-5-14(11-16)18-17-8-1-2-10-23(17)19(21-18)15-6-4-9-22(12-15)13-24;1-10-8-4-6-9(7-5-8)11(2)3/h1-3,5,7-8,10-11,13,15H,4,6,9,12H2;4-7,10H,1-3H3. The van der Waals surface area contributed by atoms with Crippen molar-refractivity contribution in [3.63, 3.8) is 0 Å². The van der Waals surface area contributed by atoms with Crippen molar-refractivity contribution in [2.24, 2.45) is 0 Å². The first-order chi connectivity index (χ1) is 17.0. The number of hydrogen-bond donors (Lipinski definition) is 1. The van der Waals surface area contributed by atoms with Crippen molar-refractivity contribution in [3.05, 3.63) is 84.6 Å². The Labute approximate surface area is 206 Å². The van der Waals surface area contributed by atoms with E-state index in [1.165, 1.54) is 17.8 Å². The van der Waals surface area contributed by atoms with E-state index in [1.807, 2.05) is 51.6 Å². The van der Waals surface area contributed by atoms with Crippen LogP contribution in [0, 0.1) is 5.82 Å². The fourth-order valence-electron chi connectivity index (χ4n) is 4.44. The fraction of sp³-hybridized carbons (Fsp3) is 0.286. The van der Waals surface area contributed by atoms with Crippen molar-refractivity contribution < 1.29 is 9.18 Å². The number of anilines is 2. The summed E-state index contributed by atoms with van der Waals surface area (Å²) < 4.78 is 15.7. The average molecular weight is 474 g/mol. The molecule has 0 bridgehead atoms. The molecule has 1 aliphatic heterocycles. The van der Waals surface area contributed by atoms with Crippen LogP contribution in [0.4, 0.5) is 15.8 Å². The normalized spacial score (nSPS) is 15.3. The van der Waals surface area contributed by atoms with Gasteiger partial charge in [0.1, 0.15) is 11.6 Å². The summed E-state index contributed by atoms with van der Waals surface area (Å²) in [5, 5.41) is 3.07. The van der Waals surface area contributed by atoms with Crippen molar-refractivity contribution >= 4 is 23.3 Å². The summed E-state index contributed by atoms with van der Waals surface area (Å²) in [6.45, 7) is 1.49. The van der Waals surface area contributed by atoms with Gasteiger partial charge in [0.25, 0.3) is 0 Å². The topological polar surface area (TPSA) is 52.9 Å². The van der Waals surface area contributed by atoms with E-state index in [9.17, 15) is 9.18 Å². The quantitative estimate of drug-likeness (QED) is 0.401. The number of amides is 1. The highest BCUT2D eigenvalue weighted by atomic mass is 19.1. The molecule has 2 aromatic carbocycles. The van der Waals surface area contributed by atoms with Crippen LogP contribution in [0.2, 0.25) is 0 Å². The van der Waals surface area contributed by atoms with Crippen molar-refractivity contribution in [3.8, 4) is 11.3 Å². The van der Waals surface area contributed by atoms with Crippen LogP contribution in [0.25, 0.3) is 16.8 Å². The third-order valence-electron chi connectivity index (χ3n) is 6.31. The predicted octanol–water partition coefficient (Wildman–Crippen LogP) is 5.27. The molecule has 1 saturated heterocycles. The van der Waals surface area contributed by atoms with Gasteiger partial charge >= 0.3 is 0 Å². The molecule has 2 aromatic heterocycles. The van der Waals surface area contributed by atoms with Crippen molar-refractivity contribution in [2.75, 3.05) is 44.4 Å². The smallest absolute Gasteiger partial charge is 0.209 e. The Hall–Kier alpha value is -3.87. The van der Waals surface area contributed by atoms with Crippen molar-refractivity contribution in [1.82, 2.24) is 14.3 Å². The molecule has 0 radical (unpaired) electrons. The van der Waals surface area contributed by atoms with Crippen LogP contribution >= 0.6 is 0 Å². The van der Waals surface area contributed by atoms with Crippen LogP contribution in [0.1, 0.15) is 24.6 Å². The van der Waals surface area contributed by atoms with Crippen molar-refractivity contribution in [2.45, 2.75) is 18.8 Å². The Morgan fingerprint density at radius 2 is 1.89 bits per heavy atom. The second kappa shape index (κ2) is 11.0. The summed E-state index contributed by atoms with van der Waals surface area (Å²) in [6, 6.07) is 20.8. The number of aromatic nitrogens is 2. The van der Waals surface area contributed by atoms with Crippen LogP contribution in [-0.2, 0) is 4.79 Å². The predicted molar refractivity (Wildman–Crippen MR) is 141 cm³/mol. The SMILES string of the molecule is CNc1ccc(N(C)C)cc1.O=CN1CCCC(c2nc(-c3cccc(F)c3)c3ccccn23)C1. The highest BCUT2D eigenvalue weighted by molar-refractivity contribution is 5.77. The maximum atomic E-state index is 13.6. The largest absolute Gasteiger partial charge is 0.388 e. The number of rotatable bonds is 5. The first-order valence-electron chi connectivity index (χ1n) is 11.9. The number of pyridine rings is 1. The summed E-state index contributed by atoms with van der Waals surface area (Å²) in [4.78, 5) is 19.9. The summed E-state index contributed by atoms with van der Waals surface area (Å²) in [7, 11) is 5.99. The second-order valence-electron chi connectivity index (χ2n) is 8.92. The molecule has 182 valence electrons. The minimum atomic E-state index is -0.268. The molecule has 35 heavy (non-hydrogen) atoms. The first-order valence-corrected chi connectivity index (χ1v) is 11.9. The zero-order chi connectivity index (χ0) is 24.8. The minimum absolute atomic E-state index is 0.196. The van der Waals surface area contributed by atoms with E-state index in [4.69, 9.17) is 4.98 Å². The summed E-state index contributed by atoms with van der Waals surface area (Å²) >= 11 is 0. The molecule has 0 spiro atoms. The lowest BCUT2D eigenvalue weighted by molar-refractivity contribution is -0.119. The molecule has 1 N–H and O–H groups in total. The Morgan fingerprint density at radius 1 is 1.09 bits per heavy atom. The number of likely N-dealkylation sites (tertiary alicyclic amines) is 1. The first kappa shape index (κ1) is 24.3. The van der Waals surface area contributed by atoms with E-state index >= 15 is 0 Å². The Kier molecular flexibility index (Phi) is 7.65. The van der Waals surface area contributed by atoms with Gasteiger partial charge in [-0.1, -0.05) is 18.2 Å². The third kappa shape index (κ3) is 5.62. The monoisotopic (exact) mass is 473 g/mol. The number of carbonyl (C=O) groups is 1. The Bertz CT molecular complexity index is 1270. The van der Waals surface area contributed by atoms with E-state index in [2.05, 4.69) is 38.9 Å². The third-order valence-corrected chi connectivity index (χ3v) is 6.31. The molecule has 6 nitrogen and oxygen atoms in total. The molecule has 3 heterocycles. The highest BCUT2D eigenvalue weighted by Crippen LogP contribution is 2.32. The van der Waals surface area contributed by atoms with Gasteiger partial charge in [-0.3, -0.25) is 4.79 Å². The molecule has 1 amide bonds. The summed E-state index contributed by atoms with van der Waals surface area (Å²) in [5.41, 5.74) is 4.89. The summed E-state index contributed by atoms with van der Waals surface area (Å²) in [5.74, 6) is 0.869. The van der Waals surface area contributed by atoms with Crippen LogP contribution in [0.5, 0.6) is 0 Å². The van der Waals surface area contributed by atoms with Gasteiger partial charge in [-0.15, -0.1) is 0 Å².